The van der Waals surface area contributed by atoms with E-state index in [1.807, 2.05) is 0 Å². The zero-order valence-corrected chi connectivity index (χ0v) is 12.4. The maximum absolute atomic E-state index is 13.6. The van der Waals surface area contributed by atoms with Gasteiger partial charge in [0.1, 0.15) is 11.6 Å². The molecule has 5 heteroatoms. The second kappa shape index (κ2) is 8.29. The molecule has 114 valence electrons. The quantitative estimate of drug-likeness (QED) is 0.770. The van der Waals surface area contributed by atoms with Crippen LogP contribution in [0.4, 0.5) is 8.78 Å². The number of aliphatic hydroxyl groups is 1. The average molecular weight is 286 g/mol. The van der Waals surface area contributed by atoms with E-state index in [2.05, 4.69) is 24.1 Å². The van der Waals surface area contributed by atoms with Crippen molar-refractivity contribution in [2.75, 3.05) is 26.2 Å². The Morgan fingerprint density at radius 3 is 2.50 bits per heavy atom. The first-order chi connectivity index (χ1) is 9.49. The van der Waals surface area contributed by atoms with Gasteiger partial charge in [0.05, 0.1) is 6.10 Å². The predicted octanol–water partition coefficient (Wildman–Crippen LogP) is 2.32. The van der Waals surface area contributed by atoms with Gasteiger partial charge in [0.15, 0.2) is 0 Å². The minimum atomic E-state index is -1.07. The summed E-state index contributed by atoms with van der Waals surface area (Å²) in [5.74, 6) is -1.13. The summed E-state index contributed by atoms with van der Waals surface area (Å²) in [5, 5.41) is 13.2. The molecule has 20 heavy (non-hydrogen) atoms. The molecule has 0 radical (unpaired) electrons. The number of rotatable bonds is 8. The van der Waals surface area contributed by atoms with E-state index in [1.54, 1.807) is 6.92 Å². The minimum absolute atomic E-state index is 0.00663. The summed E-state index contributed by atoms with van der Waals surface area (Å²) in [4.78, 5) is 2.24. The molecule has 1 aromatic carbocycles. The first-order valence-corrected chi connectivity index (χ1v) is 7.08. The largest absolute Gasteiger partial charge is 0.387 e. The Kier molecular flexibility index (Phi) is 7.05. The first-order valence-electron chi connectivity index (χ1n) is 7.08. The lowest BCUT2D eigenvalue weighted by Crippen LogP contribution is -2.38. The minimum Gasteiger partial charge on any atom is -0.387 e. The van der Waals surface area contributed by atoms with Crippen LogP contribution in [0, 0.1) is 11.6 Å². The molecule has 2 unspecified atom stereocenters. The molecule has 2 N–H and O–H groups in total. The van der Waals surface area contributed by atoms with E-state index in [9.17, 15) is 13.9 Å². The number of nitrogens with one attached hydrogen (secondary N) is 1. The van der Waals surface area contributed by atoms with Crippen LogP contribution in [0.15, 0.2) is 18.2 Å². The van der Waals surface area contributed by atoms with Crippen LogP contribution >= 0.6 is 0 Å². The Hall–Kier alpha value is -1.04. The number of benzene rings is 1. The average Bonchev–Trinajstić information content (AvgIpc) is 2.45. The molecule has 0 aliphatic rings. The molecule has 0 bridgehead atoms. The number of hydrogen-bond donors (Lipinski definition) is 2. The fourth-order valence-corrected chi connectivity index (χ4v) is 2.11. The van der Waals surface area contributed by atoms with E-state index in [-0.39, 0.29) is 11.6 Å². The zero-order valence-electron chi connectivity index (χ0n) is 12.4. The van der Waals surface area contributed by atoms with Gasteiger partial charge in [-0.15, -0.1) is 0 Å². The summed E-state index contributed by atoms with van der Waals surface area (Å²) in [5.41, 5.74) is -0.00663. The van der Waals surface area contributed by atoms with E-state index in [0.717, 1.165) is 37.8 Å². The molecule has 2 atom stereocenters. The summed E-state index contributed by atoms with van der Waals surface area (Å²) in [6.07, 6.45) is -1.07. The highest BCUT2D eigenvalue weighted by Gasteiger charge is 2.20. The van der Waals surface area contributed by atoms with E-state index >= 15 is 0 Å². The summed E-state index contributed by atoms with van der Waals surface area (Å²) >= 11 is 0. The Bertz CT molecular complexity index is 411. The van der Waals surface area contributed by atoms with Gasteiger partial charge in [0.2, 0.25) is 0 Å². The van der Waals surface area contributed by atoms with Gasteiger partial charge in [-0.05, 0) is 38.2 Å². The lowest BCUT2D eigenvalue weighted by atomic mass is 10.0. The van der Waals surface area contributed by atoms with Crippen molar-refractivity contribution in [3.8, 4) is 0 Å². The standard InChI is InChI=1S/C15H24F2N2O/c1-4-19(5-2)9-8-18-11(3)15(20)13-10-12(16)6-7-14(13)17/h6-7,10-11,15,18,20H,4-5,8-9H2,1-3H3. The number of nitrogens with zero attached hydrogens (tertiary/aromatic N) is 1. The molecule has 0 aliphatic carbocycles. The molecule has 0 amide bonds. The SMILES string of the molecule is CCN(CC)CCNC(C)C(O)c1cc(F)ccc1F. The zero-order chi connectivity index (χ0) is 15.1. The summed E-state index contributed by atoms with van der Waals surface area (Å²) in [6.45, 7) is 9.42. The van der Waals surface area contributed by atoms with Crippen molar-refractivity contribution in [1.82, 2.24) is 10.2 Å². The van der Waals surface area contributed by atoms with E-state index in [0.29, 0.717) is 6.54 Å². The number of aliphatic hydroxyl groups excluding tert-OH is 1. The number of likely N-dealkylation sites (N-methyl/N-ethyl adjacent to an activating group) is 1. The topological polar surface area (TPSA) is 35.5 Å². The smallest absolute Gasteiger partial charge is 0.129 e. The monoisotopic (exact) mass is 286 g/mol. The summed E-state index contributed by atoms with van der Waals surface area (Å²) in [7, 11) is 0. The van der Waals surface area contributed by atoms with Crippen LogP contribution in [-0.4, -0.2) is 42.2 Å². The Morgan fingerprint density at radius 1 is 1.25 bits per heavy atom. The molecule has 0 saturated heterocycles. The highest BCUT2D eigenvalue weighted by Crippen LogP contribution is 2.21. The predicted molar refractivity (Wildman–Crippen MR) is 76.6 cm³/mol. The maximum atomic E-state index is 13.6. The highest BCUT2D eigenvalue weighted by molar-refractivity contribution is 5.22. The molecule has 0 heterocycles. The number of halogens is 2. The first kappa shape index (κ1) is 17.0. The van der Waals surface area contributed by atoms with Gasteiger partial charge >= 0.3 is 0 Å². The molecule has 0 spiro atoms. The van der Waals surface area contributed by atoms with Gasteiger partial charge in [-0.1, -0.05) is 13.8 Å². The van der Waals surface area contributed by atoms with Crippen molar-refractivity contribution in [3.05, 3.63) is 35.4 Å². The van der Waals surface area contributed by atoms with Crippen molar-refractivity contribution in [3.63, 3.8) is 0 Å². The van der Waals surface area contributed by atoms with Crippen LogP contribution < -0.4 is 5.32 Å². The number of hydrogen-bond acceptors (Lipinski definition) is 3. The molecule has 0 saturated carbocycles. The maximum Gasteiger partial charge on any atom is 0.129 e. The molecule has 0 fully saturated rings. The fraction of sp³-hybridized carbons (Fsp3) is 0.600. The summed E-state index contributed by atoms with van der Waals surface area (Å²) in [6, 6.07) is 2.78. The Morgan fingerprint density at radius 2 is 1.90 bits per heavy atom. The van der Waals surface area contributed by atoms with Gasteiger partial charge in [-0.25, -0.2) is 8.78 Å². The van der Waals surface area contributed by atoms with Gasteiger partial charge in [0, 0.05) is 24.7 Å². The lowest BCUT2D eigenvalue weighted by molar-refractivity contribution is 0.129. The molecule has 1 rings (SSSR count). The third-order valence-corrected chi connectivity index (χ3v) is 3.54. The van der Waals surface area contributed by atoms with Crippen molar-refractivity contribution in [2.24, 2.45) is 0 Å². The fourth-order valence-electron chi connectivity index (χ4n) is 2.11. The van der Waals surface area contributed by atoms with Gasteiger partial charge < -0.3 is 15.3 Å². The normalized spacial score (nSPS) is 14.6. The van der Waals surface area contributed by atoms with Gasteiger partial charge in [-0.2, -0.15) is 0 Å². The molecule has 0 aliphatic heterocycles. The molecule has 0 aromatic heterocycles. The van der Waals surface area contributed by atoms with Crippen molar-refractivity contribution < 1.29 is 13.9 Å². The second-order valence-corrected chi connectivity index (χ2v) is 4.88. The third kappa shape index (κ3) is 4.81. The van der Waals surface area contributed by atoms with Crippen molar-refractivity contribution in [2.45, 2.75) is 32.9 Å². The molecular formula is C15H24F2N2O. The van der Waals surface area contributed by atoms with Crippen LogP contribution in [0.1, 0.15) is 32.4 Å². The van der Waals surface area contributed by atoms with Crippen LogP contribution in [0.3, 0.4) is 0 Å². The van der Waals surface area contributed by atoms with Crippen LogP contribution in [0.2, 0.25) is 0 Å². The highest BCUT2D eigenvalue weighted by atomic mass is 19.1. The van der Waals surface area contributed by atoms with Crippen LogP contribution in [0.5, 0.6) is 0 Å². The van der Waals surface area contributed by atoms with E-state index < -0.39 is 17.7 Å². The van der Waals surface area contributed by atoms with Crippen LogP contribution in [0.25, 0.3) is 0 Å². The Balaban J connectivity index is 2.54. The molecule has 3 nitrogen and oxygen atoms in total. The van der Waals surface area contributed by atoms with Gasteiger partial charge in [-0.3, -0.25) is 0 Å². The lowest BCUT2D eigenvalue weighted by Gasteiger charge is -2.23. The third-order valence-electron chi connectivity index (χ3n) is 3.54. The van der Waals surface area contributed by atoms with Gasteiger partial charge in [0.25, 0.3) is 0 Å². The van der Waals surface area contributed by atoms with E-state index in [4.69, 9.17) is 0 Å². The van der Waals surface area contributed by atoms with Crippen molar-refractivity contribution in [1.29, 1.82) is 0 Å². The molecule has 1 aromatic rings. The van der Waals surface area contributed by atoms with E-state index in [1.165, 1.54) is 0 Å². The van der Waals surface area contributed by atoms with Crippen molar-refractivity contribution >= 4 is 0 Å². The molecular weight excluding hydrogens is 262 g/mol. The summed E-state index contributed by atoms with van der Waals surface area (Å²) < 4.78 is 26.7. The Labute approximate surface area is 119 Å². The second-order valence-electron chi connectivity index (χ2n) is 4.88. The van der Waals surface area contributed by atoms with Crippen LogP contribution in [-0.2, 0) is 0 Å².